The average Bonchev–Trinajstić information content (AvgIpc) is 3.25. The number of nitrogens with zero attached hydrogens (tertiary/aromatic N) is 4. The van der Waals surface area contributed by atoms with Crippen LogP contribution in [0.15, 0.2) is 36.9 Å². The van der Waals surface area contributed by atoms with Gasteiger partial charge >= 0.3 is 5.97 Å². The predicted octanol–water partition coefficient (Wildman–Crippen LogP) is 1.05. The molecule has 1 aromatic carbocycles. The summed E-state index contributed by atoms with van der Waals surface area (Å²) in [6, 6.07) is 6.63. The van der Waals surface area contributed by atoms with Crippen molar-refractivity contribution in [1.29, 1.82) is 0 Å². The molecule has 1 atom stereocenters. The van der Waals surface area contributed by atoms with Crippen LogP contribution < -0.4 is 4.74 Å². The van der Waals surface area contributed by atoms with Crippen LogP contribution in [0.2, 0.25) is 0 Å². The number of rotatable bonds is 6. The standard InChI is InChI=1S/C16H18N4O4/c21-15(22)9-24-14-5-3-12(4-6-14)16(23)20-7-1-2-13(20)8-19-11-17-10-18-19/h3-6,10-11,13H,1-2,7-9H2,(H,21,22). The van der Waals surface area contributed by atoms with E-state index in [9.17, 15) is 9.59 Å². The Morgan fingerprint density at radius 1 is 1.29 bits per heavy atom. The van der Waals surface area contributed by atoms with Crippen molar-refractivity contribution in [2.24, 2.45) is 0 Å². The van der Waals surface area contributed by atoms with Gasteiger partial charge in [-0.3, -0.25) is 9.48 Å². The Bertz CT molecular complexity index is 699. The summed E-state index contributed by atoms with van der Waals surface area (Å²) in [5.74, 6) is -0.653. The second kappa shape index (κ2) is 7.12. The van der Waals surface area contributed by atoms with E-state index in [1.807, 2.05) is 4.90 Å². The molecule has 1 saturated heterocycles. The molecule has 0 radical (unpaired) electrons. The summed E-state index contributed by atoms with van der Waals surface area (Å²) < 4.78 is 6.81. The van der Waals surface area contributed by atoms with Crippen molar-refractivity contribution in [1.82, 2.24) is 19.7 Å². The topological polar surface area (TPSA) is 97.6 Å². The lowest BCUT2D eigenvalue weighted by atomic mass is 10.1. The minimum Gasteiger partial charge on any atom is -0.482 e. The molecule has 1 aromatic heterocycles. The third kappa shape index (κ3) is 3.70. The summed E-state index contributed by atoms with van der Waals surface area (Å²) >= 11 is 0. The second-order valence-corrected chi connectivity index (χ2v) is 5.62. The first-order chi connectivity index (χ1) is 11.6. The van der Waals surface area contributed by atoms with Gasteiger partial charge in [-0.25, -0.2) is 9.78 Å². The van der Waals surface area contributed by atoms with Crippen LogP contribution in [-0.2, 0) is 11.3 Å². The molecule has 0 spiro atoms. The molecule has 8 nitrogen and oxygen atoms in total. The van der Waals surface area contributed by atoms with Crippen molar-refractivity contribution in [2.45, 2.75) is 25.4 Å². The van der Waals surface area contributed by atoms with Crippen LogP contribution in [0, 0.1) is 0 Å². The van der Waals surface area contributed by atoms with Crippen LogP contribution in [0.1, 0.15) is 23.2 Å². The van der Waals surface area contributed by atoms with Gasteiger partial charge in [-0.15, -0.1) is 0 Å². The number of ether oxygens (including phenoxy) is 1. The molecular formula is C16H18N4O4. The highest BCUT2D eigenvalue weighted by molar-refractivity contribution is 5.94. The van der Waals surface area contributed by atoms with Crippen LogP contribution >= 0.6 is 0 Å². The van der Waals surface area contributed by atoms with E-state index < -0.39 is 12.6 Å². The number of carboxylic acids is 1. The number of benzene rings is 1. The van der Waals surface area contributed by atoms with E-state index in [0.717, 1.165) is 19.4 Å². The third-order valence-electron chi connectivity index (χ3n) is 3.97. The first-order valence-corrected chi connectivity index (χ1v) is 7.71. The molecule has 1 unspecified atom stereocenters. The van der Waals surface area contributed by atoms with Gasteiger partial charge < -0.3 is 14.7 Å². The maximum atomic E-state index is 12.7. The number of hydrogen-bond donors (Lipinski definition) is 1. The lowest BCUT2D eigenvalue weighted by Gasteiger charge is -2.24. The maximum absolute atomic E-state index is 12.7. The Morgan fingerprint density at radius 3 is 2.75 bits per heavy atom. The fraction of sp³-hybridized carbons (Fsp3) is 0.375. The molecule has 24 heavy (non-hydrogen) atoms. The molecule has 3 rings (SSSR count). The summed E-state index contributed by atoms with van der Waals surface area (Å²) in [7, 11) is 0. The number of amides is 1. The molecule has 2 aromatic rings. The van der Waals surface area contributed by atoms with Crippen LogP contribution in [0.4, 0.5) is 0 Å². The lowest BCUT2D eigenvalue weighted by Crippen LogP contribution is -2.38. The molecule has 0 saturated carbocycles. The highest BCUT2D eigenvalue weighted by Gasteiger charge is 2.29. The van der Waals surface area contributed by atoms with Gasteiger partial charge in [0, 0.05) is 12.1 Å². The lowest BCUT2D eigenvalue weighted by molar-refractivity contribution is -0.139. The molecule has 1 aliphatic heterocycles. The van der Waals surface area contributed by atoms with Crippen molar-refractivity contribution < 1.29 is 19.4 Å². The first-order valence-electron chi connectivity index (χ1n) is 7.71. The average molecular weight is 330 g/mol. The minimum absolute atomic E-state index is 0.0394. The Hall–Kier alpha value is -2.90. The Morgan fingerprint density at radius 2 is 2.08 bits per heavy atom. The molecule has 2 heterocycles. The zero-order valence-corrected chi connectivity index (χ0v) is 13.0. The zero-order valence-electron chi connectivity index (χ0n) is 13.0. The van der Waals surface area contributed by atoms with Crippen molar-refractivity contribution in [3.05, 3.63) is 42.5 Å². The van der Waals surface area contributed by atoms with E-state index >= 15 is 0 Å². The van der Waals surface area contributed by atoms with E-state index in [1.54, 1.807) is 35.3 Å². The zero-order chi connectivity index (χ0) is 16.9. The van der Waals surface area contributed by atoms with Crippen LogP contribution in [0.3, 0.4) is 0 Å². The number of hydrogen-bond acceptors (Lipinski definition) is 5. The normalized spacial score (nSPS) is 17.0. The number of aliphatic carboxylic acids is 1. The highest BCUT2D eigenvalue weighted by Crippen LogP contribution is 2.22. The van der Waals surface area contributed by atoms with E-state index in [4.69, 9.17) is 9.84 Å². The van der Waals surface area contributed by atoms with Gasteiger partial charge in [0.15, 0.2) is 6.61 Å². The minimum atomic E-state index is -1.04. The Balaban J connectivity index is 1.65. The Labute approximate surface area is 138 Å². The number of aromatic nitrogens is 3. The van der Waals surface area contributed by atoms with Crippen molar-refractivity contribution in [2.75, 3.05) is 13.2 Å². The molecule has 0 bridgehead atoms. The largest absolute Gasteiger partial charge is 0.482 e. The van der Waals surface area contributed by atoms with E-state index in [0.29, 0.717) is 17.9 Å². The summed E-state index contributed by atoms with van der Waals surface area (Å²) in [5, 5.41) is 12.7. The summed E-state index contributed by atoms with van der Waals surface area (Å²) in [4.78, 5) is 29.0. The van der Waals surface area contributed by atoms with Gasteiger partial charge in [-0.1, -0.05) is 0 Å². The van der Waals surface area contributed by atoms with Gasteiger partial charge in [0.1, 0.15) is 18.4 Å². The second-order valence-electron chi connectivity index (χ2n) is 5.62. The molecule has 0 aliphatic carbocycles. The monoisotopic (exact) mass is 330 g/mol. The smallest absolute Gasteiger partial charge is 0.341 e. The predicted molar refractivity (Wildman–Crippen MR) is 83.7 cm³/mol. The summed E-state index contributed by atoms with van der Waals surface area (Å²) in [6.45, 7) is 0.945. The Kier molecular flexibility index (Phi) is 4.74. The number of carbonyl (C=O) groups is 2. The van der Waals surface area contributed by atoms with Gasteiger partial charge in [0.05, 0.1) is 12.6 Å². The van der Waals surface area contributed by atoms with E-state index in [-0.39, 0.29) is 11.9 Å². The van der Waals surface area contributed by atoms with Crippen LogP contribution in [0.5, 0.6) is 5.75 Å². The SMILES string of the molecule is O=C(O)COc1ccc(C(=O)N2CCCC2Cn2cncn2)cc1. The summed E-state index contributed by atoms with van der Waals surface area (Å²) in [5.41, 5.74) is 0.558. The first kappa shape index (κ1) is 16.0. The number of carboxylic acid groups (broad SMARTS) is 1. The van der Waals surface area contributed by atoms with Crippen LogP contribution in [0.25, 0.3) is 0 Å². The molecule has 1 N–H and O–H groups in total. The van der Waals surface area contributed by atoms with E-state index in [1.165, 1.54) is 6.33 Å². The molecule has 1 aliphatic rings. The van der Waals surface area contributed by atoms with Crippen molar-refractivity contribution in [3.63, 3.8) is 0 Å². The molecule has 1 amide bonds. The number of likely N-dealkylation sites (tertiary alicyclic amines) is 1. The van der Waals surface area contributed by atoms with Crippen molar-refractivity contribution in [3.8, 4) is 5.75 Å². The molecule has 1 fully saturated rings. The highest BCUT2D eigenvalue weighted by atomic mass is 16.5. The number of carbonyl (C=O) groups excluding carboxylic acids is 1. The van der Waals surface area contributed by atoms with Gasteiger partial charge in [0.25, 0.3) is 5.91 Å². The maximum Gasteiger partial charge on any atom is 0.341 e. The van der Waals surface area contributed by atoms with Crippen molar-refractivity contribution >= 4 is 11.9 Å². The molecular weight excluding hydrogens is 312 g/mol. The van der Waals surface area contributed by atoms with Gasteiger partial charge in [0.2, 0.25) is 0 Å². The van der Waals surface area contributed by atoms with E-state index in [2.05, 4.69) is 10.1 Å². The fourth-order valence-electron chi connectivity index (χ4n) is 2.84. The third-order valence-corrected chi connectivity index (χ3v) is 3.97. The molecule has 8 heteroatoms. The van der Waals surface area contributed by atoms with Crippen LogP contribution in [-0.4, -0.2) is 55.8 Å². The van der Waals surface area contributed by atoms with Gasteiger partial charge in [-0.2, -0.15) is 5.10 Å². The molecule has 126 valence electrons. The summed E-state index contributed by atoms with van der Waals surface area (Å²) in [6.07, 6.45) is 5.03. The quantitative estimate of drug-likeness (QED) is 0.850. The van der Waals surface area contributed by atoms with Gasteiger partial charge in [-0.05, 0) is 37.1 Å². The fourth-order valence-corrected chi connectivity index (χ4v) is 2.84.